The lowest BCUT2D eigenvalue weighted by Crippen LogP contribution is -2.61. The van der Waals surface area contributed by atoms with Gasteiger partial charge < -0.3 is 15.3 Å². The zero-order valence-electron chi connectivity index (χ0n) is 13.4. The van der Waals surface area contributed by atoms with Crippen molar-refractivity contribution in [1.82, 2.24) is 0 Å². The van der Waals surface area contributed by atoms with Crippen molar-refractivity contribution in [2.45, 2.75) is 44.8 Å². The molecular formula is C18H26O4. The first-order chi connectivity index (χ1) is 10.2. The van der Waals surface area contributed by atoms with Gasteiger partial charge in [0.05, 0.1) is 0 Å². The molecule has 2 aliphatic carbocycles. The van der Waals surface area contributed by atoms with Gasteiger partial charge in [0.2, 0.25) is 0 Å². The van der Waals surface area contributed by atoms with E-state index in [0.717, 1.165) is 18.9 Å². The van der Waals surface area contributed by atoms with Gasteiger partial charge in [0, 0.05) is 12.0 Å². The Morgan fingerprint density at radius 2 is 1.91 bits per heavy atom. The second kappa shape index (κ2) is 6.01. The van der Waals surface area contributed by atoms with Gasteiger partial charge in [0.1, 0.15) is 11.2 Å². The van der Waals surface area contributed by atoms with Crippen LogP contribution in [0.2, 0.25) is 0 Å². The van der Waals surface area contributed by atoms with Crippen molar-refractivity contribution >= 4 is 5.97 Å². The number of aliphatic hydroxyl groups is 2. The van der Waals surface area contributed by atoms with Crippen LogP contribution in [0.5, 0.6) is 0 Å². The number of carboxylic acid groups (broad SMARTS) is 1. The lowest BCUT2D eigenvalue weighted by molar-refractivity contribution is -0.154. The van der Waals surface area contributed by atoms with Crippen LogP contribution in [0.1, 0.15) is 33.6 Å². The summed E-state index contributed by atoms with van der Waals surface area (Å²) in [5, 5.41) is 30.6. The van der Waals surface area contributed by atoms with Crippen LogP contribution < -0.4 is 0 Å². The molecule has 6 atom stereocenters. The van der Waals surface area contributed by atoms with Crippen LogP contribution in [0, 0.1) is 23.7 Å². The standard InChI is InChI=1S/C18H26O4/c1-12-10-13(2)16-14(11-12)7-9-17(3,21)18(16,22)8-5-4-6-15(19)20/h4-9,12-14,16,21-22H,10-11H2,1-3H3,(H,19,20)/b6-4+,8-5+/t12-,13+,14-,16-,17+,18-/m0/s1. The molecule has 2 aliphatic rings. The molecular weight excluding hydrogens is 280 g/mol. The zero-order chi connectivity index (χ0) is 16.5. The molecule has 0 unspecified atom stereocenters. The molecule has 0 aromatic carbocycles. The number of hydrogen-bond acceptors (Lipinski definition) is 3. The van der Waals surface area contributed by atoms with Crippen LogP contribution in [0.4, 0.5) is 0 Å². The normalized spacial score (nSPS) is 45.3. The van der Waals surface area contributed by atoms with Crippen molar-refractivity contribution in [2.75, 3.05) is 0 Å². The zero-order valence-corrected chi connectivity index (χ0v) is 13.4. The van der Waals surface area contributed by atoms with E-state index in [9.17, 15) is 15.0 Å². The minimum Gasteiger partial charge on any atom is -0.478 e. The minimum atomic E-state index is -1.39. The van der Waals surface area contributed by atoms with Crippen LogP contribution >= 0.6 is 0 Å². The second-order valence-electron chi connectivity index (χ2n) is 7.13. The fraction of sp³-hybridized carbons (Fsp3) is 0.611. The monoisotopic (exact) mass is 306 g/mol. The number of carbonyl (C=O) groups is 1. The predicted molar refractivity (Wildman–Crippen MR) is 85.2 cm³/mol. The molecule has 1 fully saturated rings. The Kier molecular flexibility index (Phi) is 4.64. The summed E-state index contributed by atoms with van der Waals surface area (Å²) in [6.45, 7) is 5.95. The van der Waals surface area contributed by atoms with Gasteiger partial charge >= 0.3 is 5.97 Å². The first-order valence-corrected chi connectivity index (χ1v) is 7.90. The van der Waals surface area contributed by atoms with Gasteiger partial charge in [-0.05, 0) is 43.6 Å². The molecule has 0 bridgehead atoms. The van der Waals surface area contributed by atoms with Crippen LogP contribution in [-0.2, 0) is 4.79 Å². The number of aliphatic carboxylic acids is 1. The maximum atomic E-state index is 11.2. The highest BCUT2D eigenvalue weighted by Gasteiger charge is 2.55. The third kappa shape index (κ3) is 3.03. The smallest absolute Gasteiger partial charge is 0.328 e. The molecule has 122 valence electrons. The molecule has 22 heavy (non-hydrogen) atoms. The van der Waals surface area contributed by atoms with Crippen LogP contribution in [-0.4, -0.2) is 32.5 Å². The van der Waals surface area contributed by atoms with Gasteiger partial charge in [-0.1, -0.05) is 38.2 Å². The maximum absolute atomic E-state index is 11.2. The molecule has 1 saturated carbocycles. The Bertz CT molecular complexity index is 517. The van der Waals surface area contributed by atoms with E-state index in [1.165, 1.54) is 12.2 Å². The van der Waals surface area contributed by atoms with E-state index in [1.54, 1.807) is 19.1 Å². The molecule has 3 N–H and O–H groups in total. The average molecular weight is 306 g/mol. The summed E-state index contributed by atoms with van der Waals surface area (Å²) in [6, 6.07) is 0. The Labute approximate surface area is 131 Å². The highest BCUT2D eigenvalue weighted by atomic mass is 16.4. The van der Waals surface area contributed by atoms with Crippen molar-refractivity contribution in [1.29, 1.82) is 0 Å². The maximum Gasteiger partial charge on any atom is 0.328 e. The summed E-state index contributed by atoms with van der Waals surface area (Å²) in [4.78, 5) is 10.5. The van der Waals surface area contributed by atoms with E-state index in [0.29, 0.717) is 5.92 Å². The molecule has 0 aliphatic heterocycles. The number of hydrogen-bond donors (Lipinski definition) is 3. The van der Waals surface area contributed by atoms with E-state index in [1.807, 2.05) is 6.08 Å². The fourth-order valence-corrected chi connectivity index (χ4v) is 4.27. The fourth-order valence-electron chi connectivity index (χ4n) is 4.27. The Morgan fingerprint density at radius 1 is 1.23 bits per heavy atom. The molecule has 4 nitrogen and oxygen atoms in total. The van der Waals surface area contributed by atoms with Crippen molar-refractivity contribution < 1.29 is 20.1 Å². The first kappa shape index (κ1) is 17.0. The van der Waals surface area contributed by atoms with Crippen molar-refractivity contribution in [3.63, 3.8) is 0 Å². The number of carboxylic acids is 1. The molecule has 0 heterocycles. The summed E-state index contributed by atoms with van der Waals surface area (Å²) in [5.41, 5.74) is -2.76. The van der Waals surface area contributed by atoms with Crippen molar-refractivity contribution in [3.8, 4) is 0 Å². The van der Waals surface area contributed by atoms with Gasteiger partial charge in [-0.2, -0.15) is 0 Å². The van der Waals surface area contributed by atoms with E-state index in [-0.39, 0.29) is 17.8 Å². The van der Waals surface area contributed by atoms with Crippen molar-refractivity contribution in [2.24, 2.45) is 23.7 Å². The predicted octanol–water partition coefficient (Wildman–Crippen LogP) is 2.53. The summed E-state index contributed by atoms with van der Waals surface area (Å²) < 4.78 is 0. The summed E-state index contributed by atoms with van der Waals surface area (Å²) in [7, 11) is 0. The van der Waals surface area contributed by atoms with Crippen molar-refractivity contribution in [3.05, 3.63) is 36.5 Å². The molecule has 0 spiro atoms. The molecule has 0 radical (unpaired) electrons. The van der Waals surface area contributed by atoms with Crippen LogP contribution in [0.25, 0.3) is 0 Å². The van der Waals surface area contributed by atoms with Gasteiger partial charge in [-0.15, -0.1) is 0 Å². The lowest BCUT2D eigenvalue weighted by atomic mass is 9.55. The number of rotatable bonds is 3. The van der Waals surface area contributed by atoms with Crippen LogP contribution in [0.15, 0.2) is 36.5 Å². The highest BCUT2D eigenvalue weighted by molar-refractivity contribution is 5.80. The SMILES string of the molecule is C[C@H]1C[C@@H](C)[C@H]2[C@@H](C=C[C@@](C)(O)[C@]2(O)/C=C/C=C/C(=O)O)C1. The van der Waals surface area contributed by atoms with Gasteiger partial charge in [-0.25, -0.2) is 4.79 Å². The Morgan fingerprint density at radius 3 is 2.55 bits per heavy atom. The van der Waals surface area contributed by atoms with E-state index in [4.69, 9.17) is 5.11 Å². The Balaban J connectivity index is 2.36. The van der Waals surface area contributed by atoms with Gasteiger partial charge in [-0.3, -0.25) is 0 Å². The number of allylic oxidation sites excluding steroid dienone is 3. The second-order valence-corrected chi connectivity index (χ2v) is 7.13. The Hall–Kier alpha value is -1.39. The van der Waals surface area contributed by atoms with Gasteiger partial charge in [0.15, 0.2) is 0 Å². The number of fused-ring (bicyclic) bond motifs is 1. The quantitative estimate of drug-likeness (QED) is 0.425. The first-order valence-electron chi connectivity index (χ1n) is 7.90. The summed E-state index contributed by atoms with van der Waals surface area (Å²) in [6.07, 6.45) is 11.2. The molecule has 0 aromatic rings. The van der Waals surface area contributed by atoms with Crippen LogP contribution in [0.3, 0.4) is 0 Å². The third-order valence-corrected chi connectivity index (χ3v) is 5.21. The molecule has 2 rings (SSSR count). The summed E-state index contributed by atoms with van der Waals surface area (Å²) >= 11 is 0. The largest absolute Gasteiger partial charge is 0.478 e. The summed E-state index contributed by atoms with van der Waals surface area (Å²) in [5.74, 6) is 0.00675. The average Bonchev–Trinajstić information content (AvgIpc) is 2.39. The van der Waals surface area contributed by atoms with E-state index < -0.39 is 17.2 Å². The topological polar surface area (TPSA) is 77.8 Å². The van der Waals surface area contributed by atoms with Gasteiger partial charge in [0.25, 0.3) is 0 Å². The minimum absolute atomic E-state index is 0.0711. The lowest BCUT2D eigenvalue weighted by Gasteiger charge is -2.54. The van der Waals surface area contributed by atoms with E-state index in [2.05, 4.69) is 13.8 Å². The highest BCUT2D eigenvalue weighted by Crippen LogP contribution is 2.51. The molecule has 0 saturated heterocycles. The third-order valence-electron chi connectivity index (χ3n) is 5.21. The molecule has 4 heteroatoms. The van der Waals surface area contributed by atoms with E-state index >= 15 is 0 Å². The molecule has 0 aromatic heterocycles. The molecule has 0 amide bonds.